The largest absolute Gasteiger partial charge is 0.495 e. The van der Waals surface area contributed by atoms with Crippen LogP contribution in [0.2, 0.25) is 0 Å². The van der Waals surface area contributed by atoms with Gasteiger partial charge in [0.1, 0.15) is 11.6 Å². The van der Waals surface area contributed by atoms with Crippen LogP contribution in [-0.4, -0.2) is 21.7 Å². The number of hydrogen-bond donors (Lipinski definition) is 0. The van der Waals surface area contributed by atoms with E-state index in [1.807, 2.05) is 0 Å². The molecule has 0 bridgehead atoms. The number of methoxy groups -OCH3 is 1. The predicted molar refractivity (Wildman–Crippen MR) is 73.8 cm³/mol. The number of fused-ring (bicyclic) bond motifs is 1. The van der Waals surface area contributed by atoms with Crippen LogP contribution >= 0.6 is 0 Å². The Morgan fingerprint density at radius 1 is 1.14 bits per heavy atom. The van der Waals surface area contributed by atoms with E-state index < -0.39 is 11.7 Å². The number of alkyl halides is 3. The summed E-state index contributed by atoms with van der Waals surface area (Å²) < 4.78 is 45.1. The molecule has 0 spiro atoms. The lowest BCUT2D eigenvalue weighted by atomic mass is 10.1. The molecule has 0 aliphatic heterocycles. The van der Waals surface area contributed by atoms with Crippen LogP contribution in [0.5, 0.6) is 5.75 Å². The fourth-order valence-electron chi connectivity index (χ4n) is 2.20. The molecule has 0 radical (unpaired) electrons. The van der Waals surface area contributed by atoms with E-state index in [-0.39, 0.29) is 6.42 Å². The molecule has 2 heterocycles. The monoisotopic (exact) mass is 307 g/mol. The quantitative estimate of drug-likeness (QED) is 0.745. The number of nitrogens with zero attached hydrogens (tertiary/aromatic N) is 3. The van der Waals surface area contributed by atoms with Gasteiger partial charge in [0.25, 0.3) is 0 Å². The highest BCUT2D eigenvalue weighted by Gasteiger charge is 2.30. The predicted octanol–water partition coefficient (Wildman–Crippen LogP) is 3.35. The van der Waals surface area contributed by atoms with Gasteiger partial charge in [0, 0.05) is 6.42 Å². The summed E-state index contributed by atoms with van der Waals surface area (Å²) in [5.74, 6) is 1.17. The third-order valence-electron chi connectivity index (χ3n) is 3.30. The van der Waals surface area contributed by atoms with Gasteiger partial charge in [-0.2, -0.15) is 13.2 Å². The molecule has 3 rings (SSSR count). The number of rotatable bonds is 3. The number of hydrogen-bond acceptors (Lipinski definition) is 3. The summed E-state index contributed by atoms with van der Waals surface area (Å²) in [5, 5.41) is 8.03. The molecule has 0 amide bonds. The fourth-order valence-corrected chi connectivity index (χ4v) is 2.20. The first kappa shape index (κ1) is 14.4. The van der Waals surface area contributed by atoms with Crippen LogP contribution < -0.4 is 4.74 Å². The summed E-state index contributed by atoms with van der Waals surface area (Å²) >= 11 is 0. The van der Waals surface area contributed by atoms with E-state index in [4.69, 9.17) is 4.74 Å². The molecule has 1 aromatic carbocycles. The van der Waals surface area contributed by atoms with E-state index in [1.165, 1.54) is 13.2 Å². The van der Waals surface area contributed by atoms with Crippen LogP contribution in [-0.2, 0) is 12.6 Å². The van der Waals surface area contributed by atoms with Crippen molar-refractivity contribution in [3.8, 4) is 5.75 Å². The van der Waals surface area contributed by atoms with Gasteiger partial charge in [-0.1, -0.05) is 18.2 Å². The normalized spacial score (nSPS) is 11.8. The van der Waals surface area contributed by atoms with Crippen molar-refractivity contribution in [2.75, 3.05) is 7.11 Å². The van der Waals surface area contributed by atoms with Gasteiger partial charge < -0.3 is 4.74 Å². The maximum absolute atomic E-state index is 12.7. The summed E-state index contributed by atoms with van der Waals surface area (Å²) in [7, 11) is 1.54. The Hall–Kier alpha value is -2.57. The highest BCUT2D eigenvalue weighted by molar-refractivity contribution is 5.42. The molecule has 0 aliphatic carbocycles. The SMILES string of the molecule is COc1ccc2nnc(Cc3cccc(C(F)(F)F)c3)n2c1. The van der Waals surface area contributed by atoms with E-state index in [1.54, 1.807) is 28.8 Å². The summed E-state index contributed by atoms with van der Waals surface area (Å²) in [5.41, 5.74) is 0.464. The van der Waals surface area contributed by atoms with Gasteiger partial charge in [0.15, 0.2) is 5.65 Å². The Balaban J connectivity index is 1.96. The lowest BCUT2D eigenvalue weighted by Gasteiger charge is -2.08. The second-order valence-electron chi connectivity index (χ2n) is 4.79. The zero-order chi connectivity index (χ0) is 15.7. The maximum atomic E-state index is 12.7. The number of benzene rings is 1. The lowest BCUT2D eigenvalue weighted by Crippen LogP contribution is -2.06. The Bertz CT molecular complexity index is 811. The number of ether oxygens (including phenoxy) is 1. The number of pyridine rings is 1. The summed E-state index contributed by atoms with van der Waals surface area (Å²) in [6.07, 6.45) is -2.40. The Labute approximate surface area is 124 Å². The summed E-state index contributed by atoms with van der Waals surface area (Å²) in [4.78, 5) is 0. The molecule has 0 N–H and O–H groups in total. The molecule has 0 aliphatic rings. The van der Waals surface area contributed by atoms with Gasteiger partial charge in [0.05, 0.1) is 18.9 Å². The summed E-state index contributed by atoms with van der Waals surface area (Å²) in [6, 6.07) is 8.69. The molecule has 0 fully saturated rings. The molecule has 0 atom stereocenters. The minimum absolute atomic E-state index is 0.248. The van der Waals surface area contributed by atoms with Gasteiger partial charge >= 0.3 is 6.18 Å². The molecular formula is C15H12F3N3O. The standard InChI is InChI=1S/C15H12F3N3O/c1-22-12-5-6-13-19-20-14(21(13)9-12)8-10-3-2-4-11(7-10)15(16,17)18/h2-7,9H,8H2,1H3. The fraction of sp³-hybridized carbons (Fsp3) is 0.200. The highest BCUT2D eigenvalue weighted by Crippen LogP contribution is 2.30. The molecule has 22 heavy (non-hydrogen) atoms. The van der Waals surface area contributed by atoms with E-state index in [0.29, 0.717) is 22.8 Å². The first-order chi connectivity index (χ1) is 10.5. The van der Waals surface area contributed by atoms with Crippen molar-refractivity contribution >= 4 is 5.65 Å². The van der Waals surface area contributed by atoms with Gasteiger partial charge in [-0.3, -0.25) is 4.40 Å². The molecular weight excluding hydrogens is 295 g/mol. The molecule has 0 saturated heterocycles. The minimum atomic E-state index is -4.36. The van der Waals surface area contributed by atoms with Crippen molar-refractivity contribution < 1.29 is 17.9 Å². The zero-order valence-corrected chi connectivity index (χ0v) is 11.6. The molecule has 7 heteroatoms. The van der Waals surface area contributed by atoms with Crippen molar-refractivity contribution in [1.29, 1.82) is 0 Å². The summed E-state index contributed by atoms with van der Waals surface area (Å²) in [6.45, 7) is 0. The number of halogens is 3. The minimum Gasteiger partial charge on any atom is -0.495 e. The van der Waals surface area contributed by atoms with Crippen LogP contribution in [0, 0.1) is 0 Å². The second-order valence-corrected chi connectivity index (χ2v) is 4.79. The van der Waals surface area contributed by atoms with Gasteiger partial charge in [0.2, 0.25) is 0 Å². The first-order valence-electron chi connectivity index (χ1n) is 6.51. The van der Waals surface area contributed by atoms with Crippen molar-refractivity contribution in [2.24, 2.45) is 0 Å². The third kappa shape index (κ3) is 2.74. The Morgan fingerprint density at radius 2 is 1.95 bits per heavy atom. The second kappa shape index (κ2) is 5.32. The topological polar surface area (TPSA) is 39.4 Å². The average molecular weight is 307 g/mol. The van der Waals surface area contributed by atoms with Crippen molar-refractivity contribution in [3.05, 3.63) is 59.5 Å². The van der Waals surface area contributed by atoms with Crippen molar-refractivity contribution in [2.45, 2.75) is 12.6 Å². The number of aromatic nitrogens is 3. The molecule has 114 valence electrons. The molecule has 4 nitrogen and oxygen atoms in total. The molecule has 2 aromatic heterocycles. The van der Waals surface area contributed by atoms with Gasteiger partial charge in [-0.05, 0) is 23.8 Å². The van der Waals surface area contributed by atoms with E-state index in [0.717, 1.165) is 12.1 Å². The van der Waals surface area contributed by atoms with Gasteiger partial charge in [-0.25, -0.2) is 0 Å². The Kier molecular flexibility index (Phi) is 3.48. The Morgan fingerprint density at radius 3 is 2.68 bits per heavy atom. The van der Waals surface area contributed by atoms with E-state index in [2.05, 4.69) is 10.2 Å². The van der Waals surface area contributed by atoms with Crippen molar-refractivity contribution in [3.63, 3.8) is 0 Å². The van der Waals surface area contributed by atoms with E-state index in [9.17, 15) is 13.2 Å². The van der Waals surface area contributed by atoms with Gasteiger partial charge in [-0.15, -0.1) is 10.2 Å². The zero-order valence-electron chi connectivity index (χ0n) is 11.6. The molecule has 0 saturated carbocycles. The van der Waals surface area contributed by atoms with Crippen LogP contribution in [0.4, 0.5) is 13.2 Å². The molecule has 3 aromatic rings. The van der Waals surface area contributed by atoms with Crippen LogP contribution in [0.25, 0.3) is 5.65 Å². The molecule has 0 unspecified atom stereocenters. The average Bonchev–Trinajstić information content (AvgIpc) is 2.89. The third-order valence-corrected chi connectivity index (χ3v) is 3.30. The van der Waals surface area contributed by atoms with Crippen LogP contribution in [0.1, 0.15) is 17.0 Å². The van der Waals surface area contributed by atoms with Crippen LogP contribution in [0.15, 0.2) is 42.6 Å². The lowest BCUT2D eigenvalue weighted by molar-refractivity contribution is -0.137. The highest BCUT2D eigenvalue weighted by atomic mass is 19.4. The van der Waals surface area contributed by atoms with E-state index >= 15 is 0 Å². The maximum Gasteiger partial charge on any atom is 0.416 e. The smallest absolute Gasteiger partial charge is 0.416 e. The first-order valence-corrected chi connectivity index (χ1v) is 6.51. The van der Waals surface area contributed by atoms with Crippen LogP contribution in [0.3, 0.4) is 0 Å². The van der Waals surface area contributed by atoms with Crippen molar-refractivity contribution in [1.82, 2.24) is 14.6 Å².